The van der Waals surface area contributed by atoms with E-state index in [-0.39, 0.29) is 0 Å². The minimum atomic E-state index is 1.02. The van der Waals surface area contributed by atoms with E-state index >= 15 is 0 Å². The van der Waals surface area contributed by atoms with Crippen molar-refractivity contribution in [2.45, 2.75) is 6.92 Å². The van der Waals surface area contributed by atoms with Gasteiger partial charge < -0.3 is 10.2 Å². The molecule has 0 aliphatic carbocycles. The Morgan fingerprint density at radius 1 is 1.23 bits per heavy atom. The van der Waals surface area contributed by atoms with Gasteiger partial charge in [0, 0.05) is 38.6 Å². The molecule has 1 saturated heterocycles. The lowest BCUT2D eigenvalue weighted by Gasteiger charge is -2.28. The monoisotopic (exact) mass is 178 g/mol. The maximum atomic E-state index is 4.34. The van der Waals surface area contributed by atoms with Gasteiger partial charge in [-0.1, -0.05) is 0 Å². The van der Waals surface area contributed by atoms with Gasteiger partial charge in [-0.3, -0.25) is 4.98 Å². The Kier molecular flexibility index (Phi) is 2.40. The van der Waals surface area contributed by atoms with Crippen LogP contribution in [0.5, 0.6) is 0 Å². The number of nitrogens with one attached hydrogen (secondary N) is 1. The molecular weight excluding hydrogens is 164 g/mol. The summed E-state index contributed by atoms with van der Waals surface area (Å²) in [6.07, 6.45) is 3.49. The predicted octanol–water partition coefficient (Wildman–Crippen LogP) is 0.195. The first kappa shape index (κ1) is 8.44. The normalized spacial score (nSPS) is 17.5. The van der Waals surface area contributed by atoms with E-state index in [4.69, 9.17) is 0 Å². The summed E-state index contributed by atoms with van der Waals surface area (Å²) in [5.74, 6) is 1.03. The summed E-state index contributed by atoms with van der Waals surface area (Å²) in [6, 6.07) is 0. The number of aryl methyl sites for hydroxylation is 1. The summed E-state index contributed by atoms with van der Waals surface area (Å²) < 4.78 is 0. The number of rotatable bonds is 1. The summed E-state index contributed by atoms with van der Waals surface area (Å²) in [5, 5.41) is 3.31. The van der Waals surface area contributed by atoms with Crippen molar-refractivity contribution >= 4 is 5.82 Å². The van der Waals surface area contributed by atoms with Gasteiger partial charge in [0.1, 0.15) is 5.82 Å². The predicted molar refractivity (Wildman–Crippen MR) is 51.9 cm³/mol. The lowest BCUT2D eigenvalue weighted by molar-refractivity contribution is 0.583. The van der Waals surface area contributed by atoms with Gasteiger partial charge in [0.25, 0.3) is 0 Å². The molecular formula is C9H14N4. The molecule has 70 valence electrons. The molecule has 2 rings (SSSR count). The Morgan fingerprint density at radius 2 is 1.92 bits per heavy atom. The molecule has 2 heterocycles. The largest absolute Gasteiger partial charge is 0.353 e. The SMILES string of the molecule is Cc1nccnc1N1CCNCC1. The van der Waals surface area contributed by atoms with E-state index in [0.29, 0.717) is 0 Å². The summed E-state index contributed by atoms with van der Waals surface area (Å²) in [6.45, 7) is 6.13. The zero-order valence-electron chi connectivity index (χ0n) is 7.82. The highest BCUT2D eigenvalue weighted by molar-refractivity contribution is 5.42. The van der Waals surface area contributed by atoms with Crippen molar-refractivity contribution in [3.8, 4) is 0 Å². The van der Waals surface area contributed by atoms with Crippen molar-refractivity contribution in [1.82, 2.24) is 15.3 Å². The average Bonchev–Trinajstić information content (AvgIpc) is 2.20. The average molecular weight is 178 g/mol. The number of anilines is 1. The zero-order chi connectivity index (χ0) is 9.10. The molecule has 0 atom stereocenters. The van der Waals surface area contributed by atoms with Gasteiger partial charge in [-0.2, -0.15) is 0 Å². The van der Waals surface area contributed by atoms with Crippen LogP contribution in [0.3, 0.4) is 0 Å². The third kappa shape index (κ3) is 1.78. The highest BCUT2D eigenvalue weighted by Gasteiger charge is 2.13. The second kappa shape index (κ2) is 3.70. The van der Waals surface area contributed by atoms with Gasteiger partial charge in [0.15, 0.2) is 0 Å². The van der Waals surface area contributed by atoms with Gasteiger partial charge in [-0.15, -0.1) is 0 Å². The molecule has 13 heavy (non-hydrogen) atoms. The number of nitrogens with zero attached hydrogens (tertiary/aromatic N) is 3. The zero-order valence-corrected chi connectivity index (χ0v) is 7.82. The molecule has 0 saturated carbocycles. The number of hydrogen-bond acceptors (Lipinski definition) is 4. The van der Waals surface area contributed by atoms with E-state index in [1.54, 1.807) is 12.4 Å². The van der Waals surface area contributed by atoms with Crippen LogP contribution in [0, 0.1) is 6.92 Å². The second-order valence-electron chi connectivity index (χ2n) is 3.20. The number of hydrogen-bond donors (Lipinski definition) is 1. The van der Waals surface area contributed by atoms with Crippen molar-refractivity contribution in [3.05, 3.63) is 18.1 Å². The van der Waals surface area contributed by atoms with E-state index in [1.165, 1.54) is 0 Å². The first-order chi connectivity index (χ1) is 6.38. The van der Waals surface area contributed by atoms with E-state index in [9.17, 15) is 0 Å². The van der Waals surface area contributed by atoms with Crippen molar-refractivity contribution < 1.29 is 0 Å². The molecule has 0 unspecified atom stereocenters. The molecule has 0 spiro atoms. The molecule has 1 N–H and O–H groups in total. The molecule has 0 bridgehead atoms. The first-order valence-electron chi connectivity index (χ1n) is 4.61. The highest BCUT2D eigenvalue weighted by atomic mass is 15.2. The lowest BCUT2D eigenvalue weighted by atomic mass is 10.3. The van der Waals surface area contributed by atoms with Gasteiger partial charge in [-0.05, 0) is 6.92 Å². The Bertz CT molecular complexity index is 281. The summed E-state index contributed by atoms with van der Waals surface area (Å²) in [5.41, 5.74) is 1.02. The molecule has 4 heteroatoms. The summed E-state index contributed by atoms with van der Waals surface area (Å²) >= 11 is 0. The quantitative estimate of drug-likeness (QED) is 0.666. The molecule has 1 aromatic rings. The van der Waals surface area contributed by atoms with E-state index in [2.05, 4.69) is 20.2 Å². The first-order valence-corrected chi connectivity index (χ1v) is 4.61. The lowest BCUT2D eigenvalue weighted by Crippen LogP contribution is -2.44. The second-order valence-corrected chi connectivity index (χ2v) is 3.20. The molecule has 4 nitrogen and oxygen atoms in total. The topological polar surface area (TPSA) is 41.1 Å². The summed E-state index contributed by atoms with van der Waals surface area (Å²) in [4.78, 5) is 10.8. The third-order valence-electron chi connectivity index (χ3n) is 2.27. The molecule has 1 aliphatic rings. The number of aromatic nitrogens is 2. The molecule has 1 aromatic heterocycles. The van der Waals surface area contributed by atoms with Gasteiger partial charge in [-0.25, -0.2) is 4.98 Å². The fourth-order valence-electron chi connectivity index (χ4n) is 1.59. The van der Waals surface area contributed by atoms with Crippen LogP contribution in [-0.2, 0) is 0 Å². The van der Waals surface area contributed by atoms with Crippen molar-refractivity contribution in [3.63, 3.8) is 0 Å². The molecule has 0 radical (unpaired) electrons. The van der Waals surface area contributed by atoms with Crippen LogP contribution in [0.15, 0.2) is 12.4 Å². The maximum absolute atomic E-state index is 4.34. The van der Waals surface area contributed by atoms with Crippen molar-refractivity contribution in [1.29, 1.82) is 0 Å². The number of piperazine rings is 1. The smallest absolute Gasteiger partial charge is 0.150 e. The minimum Gasteiger partial charge on any atom is -0.353 e. The standard InChI is InChI=1S/C9H14N4/c1-8-9(12-3-2-11-8)13-6-4-10-5-7-13/h2-3,10H,4-7H2,1H3. The van der Waals surface area contributed by atoms with Crippen LogP contribution >= 0.6 is 0 Å². The molecule has 0 amide bonds. The van der Waals surface area contributed by atoms with E-state index in [1.807, 2.05) is 6.92 Å². The Labute approximate surface area is 78.0 Å². The minimum absolute atomic E-state index is 1.02. The Balaban J connectivity index is 2.18. The van der Waals surface area contributed by atoms with Gasteiger partial charge in [0.2, 0.25) is 0 Å². The van der Waals surface area contributed by atoms with E-state index < -0.39 is 0 Å². The van der Waals surface area contributed by atoms with E-state index in [0.717, 1.165) is 37.7 Å². The van der Waals surface area contributed by atoms with Crippen LogP contribution in [0.2, 0.25) is 0 Å². The van der Waals surface area contributed by atoms with Crippen LogP contribution in [-0.4, -0.2) is 36.1 Å². The maximum Gasteiger partial charge on any atom is 0.150 e. The van der Waals surface area contributed by atoms with Crippen molar-refractivity contribution in [2.24, 2.45) is 0 Å². The van der Waals surface area contributed by atoms with Crippen LogP contribution in [0.25, 0.3) is 0 Å². The molecule has 0 aromatic carbocycles. The van der Waals surface area contributed by atoms with Crippen LogP contribution in [0.1, 0.15) is 5.69 Å². The van der Waals surface area contributed by atoms with Gasteiger partial charge in [0.05, 0.1) is 5.69 Å². The molecule has 1 fully saturated rings. The Morgan fingerprint density at radius 3 is 2.62 bits per heavy atom. The summed E-state index contributed by atoms with van der Waals surface area (Å²) in [7, 11) is 0. The Hall–Kier alpha value is -1.16. The van der Waals surface area contributed by atoms with Crippen LogP contribution < -0.4 is 10.2 Å². The van der Waals surface area contributed by atoms with Crippen LogP contribution in [0.4, 0.5) is 5.82 Å². The highest BCUT2D eigenvalue weighted by Crippen LogP contribution is 2.13. The molecule has 1 aliphatic heterocycles. The van der Waals surface area contributed by atoms with Gasteiger partial charge >= 0.3 is 0 Å². The third-order valence-corrected chi connectivity index (χ3v) is 2.27. The fourth-order valence-corrected chi connectivity index (χ4v) is 1.59. The van der Waals surface area contributed by atoms with Crippen molar-refractivity contribution in [2.75, 3.05) is 31.1 Å². The fraction of sp³-hybridized carbons (Fsp3) is 0.556.